The molecule has 6 nitrogen and oxygen atoms in total. The third-order valence-corrected chi connectivity index (χ3v) is 8.11. The molecule has 1 aliphatic carbocycles. The molecule has 0 spiro atoms. The number of carboxylic acids is 1. The zero-order valence-electron chi connectivity index (χ0n) is 22.8. The molecule has 208 valence electrons. The maximum atomic E-state index is 12.1. The van der Waals surface area contributed by atoms with Crippen LogP contribution in [0.3, 0.4) is 0 Å². The SMILES string of the molecule is COc1ccc(-c2ccc(Cl)cc2)c(COc2ccc(-c3nc4cccc(C(=O)O)c4n3C3CCCCC3)cc2)c1. The molecule has 1 saturated carbocycles. The van der Waals surface area contributed by atoms with E-state index in [4.69, 9.17) is 26.1 Å². The summed E-state index contributed by atoms with van der Waals surface area (Å²) in [5.41, 5.74) is 5.73. The minimum atomic E-state index is -0.932. The molecule has 0 aliphatic heterocycles. The van der Waals surface area contributed by atoms with Gasteiger partial charge in [-0.25, -0.2) is 9.78 Å². The van der Waals surface area contributed by atoms with Gasteiger partial charge in [-0.3, -0.25) is 0 Å². The molecule has 1 fully saturated rings. The number of para-hydroxylation sites is 1. The number of imidazole rings is 1. The van der Waals surface area contributed by atoms with Crippen molar-refractivity contribution in [2.75, 3.05) is 7.11 Å². The van der Waals surface area contributed by atoms with Crippen molar-refractivity contribution in [1.29, 1.82) is 0 Å². The molecular weight excluding hydrogens is 536 g/mol. The molecule has 4 aromatic carbocycles. The van der Waals surface area contributed by atoms with Crippen LogP contribution in [0.4, 0.5) is 0 Å². The Bertz CT molecular complexity index is 1690. The molecule has 0 atom stereocenters. The number of halogens is 1. The zero-order valence-corrected chi connectivity index (χ0v) is 23.6. The van der Waals surface area contributed by atoms with Crippen LogP contribution in [-0.4, -0.2) is 27.7 Å². The van der Waals surface area contributed by atoms with Crippen LogP contribution < -0.4 is 9.47 Å². The quantitative estimate of drug-likeness (QED) is 0.203. The molecule has 0 amide bonds. The number of benzene rings is 4. The van der Waals surface area contributed by atoms with E-state index >= 15 is 0 Å². The Balaban J connectivity index is 1.31. The largest absolute Gasteiger partial charge is 0.497 e. The molecule has 0 saturated heterocycles. The highest BCUT2D eigenvalue weighted by Gasteiger charge is 2.25. The van der Waals surface area contributed by atoms with Gasteiger partial charge in [0.1, 0.15) is 23.9 Å². The average Bonchev–Trinajstić information content (AvgIpc) is 3.41. The molecule has 1 N–H and O–H groups in total. The second-order valence-electron chi connectivity index (χ2n) is 10.4. The second-order valence-corrected chi connectivity index (χ2v) is 10.9. The standard InChI is InChI=1S/C34H31ClN2O4/c1-40-28-18-19-29(22-10-14-25(35)15-11-22)24(20-28)21-41-27-16-12-23(13-17-27)33-36-31-9-5-8-30(34(38)39)32(31)37(33)26-6-3-2-4-7-26/h5,8-20,26H,2-4,6-7,21H2,1H3,(H,38,39). The maximum absolute atomic E-state index is 12.1. The predicted molar refractivity (Wildman–Crippen MR) is 162 cm³/mol. The lowest BCUT2D eigenvalue weighted by Crippen LogP contribution is -2.15. The van der Waals surface area contributed by atoms with Gasteiger partial charge in [0, 0.05) is 22.2 Å². The molecule has 6 rings (SSSR count). The Labute approximate surface area is 244 Å². The van der Waals surface area contributed by atoms with Crippen LogP contribution in [0.25, 0.3) is 33.5 Å². The summed E-state index contributed by atoms with van der Waals surface area (Å²) in [6.45, 7) is 0.358. The second kappa shape index (κ2) is 11.7. The summed E-state index contributed by atoms with van der Waals surface area (Å²) in [6, 6.07) is 27.2. The number of rotatable bonds is 8. The van der Waals surface area contributed by atoms with Crippen molar-refractivity contribution in [3.8, 4) is 34.0 Å². The number of nitrogens with zero attached hydrogens (tertiary/aromatic N) is 2. The number of hydrogen-bond acceptors (Lipinski definition) is 4. The molecule has 1 aromatic heterocycles. The molecular formula is C34H31ClN2O4. The van der Waals surface area contributed by atoms with Gasteiger partial charge >= 0.3 is 5.97 Å². The maximum Gasteiger partial charge on any atom is 0.337 e. The molecule has 0 bridgehead atoms. The fraction of sp³-hybridized carbons (Fsp3) is 0.235. The number of aromatic nitrogens is 2. The van der Waals surface area contributed by atoms with Crippen molar-refractivity contribution < 1.29 is 19.4 Å². The van der Waals surface area contributed by atoms with Gasteiger partial charge in [-0.05, 0) is 84.6 Å². The summed E-state index contributed by atoms with van der Waals surface area (Å²) < 4.78 is 13.9. The van der Waals surface area contributed by atoms with Crippen LogP contribution >= 0.6 is 11.6 Å². The number of fused-ring (bicyclic) bond motifs is 1. The molecule has 7 heteroatoms. The number of hydrogen-bond donors (Lipinski definition) is 1. The van der Waals surface area contributed by atoms with E-state index in [0.29, 0.717) is 28.2 Å². The first-order valence-corrected chi connectivity index (χ1v) is 14.3. The molecule has 0 unspecified atom stereocenters. The third kappa shape index (κ3) is 5.52. The lowest BCUT2D eigenvalue weighted by molar-refractivity contribution is 0.0698. The summed E-state index contributed by atoms with van der Waals surface area (Å²) >= 11 is 6.11. The van der Waals surface area contributed by atoms with Gasteiger partial charge in [0.2, 0.25) is 0 Å². The van der Waals surface area contributed by atoms with Gasteiger partial charge in [-0.15, -0.1) is 0 Å². The smallest absolute Gasteiger partial charge is 0.337 e. The normalized spacial score (nSPS) is 13.8. The molecule has 1 heterocycles. The summed E-state index contributed by atoms with van der Waals surface area (Å²) in [5, 5.41) is 10.6. The van der Waals surface area contributed by atoms with E-state index in [1.165, 1.54) is 6.42 Å². The first-order valence-electron chi connectivity index (χ1n) is 13.9. The molecule has 5 aromatic rings. The summed E-state index contributed by atoms with van der Waals surface area (Å²) in [6.07, 6.45) is 5.51. The Hall–Kier alpha value is -4.29. The highest BCUT2D eigenvalue weighted by Crippen LogP contribution is 2.38. The molecule has 41 heavy (non-hydrogen) atoms. The Morgan fingerprint density at radius 1 is 0.927 bits per heavy atom. The van der Waals surface area contributed by atoms with Crippen LogP contribution in [0.1, 0.15) is 54.1 Å². The minimum Gasteiger partial charge on any atom is -0.497 e. The zero-order chi connectivity index (χ0) is 28.3. The van der Waals surface area contributed by atoms with Gasteiger partial charge in [0.25, 0.3) is 0 Å². The van der Waals surface area contributed by atoms with Crippen molar-refractivity contribution in [1.82, 2.24) is 9.55 Å². The fourth-order valence-electron chi connectivity index (χ4n) is 5.81. The van der Waals surface area contributed by atoms with E-state index in [0.717, 1.165) is 65.3 Å². The van der Waals surface area contributed by atoms with Crippen LogP contribution in [0, 0.1) is 0 Å². The number of aromatic carboxylic acids is 1. The third-order valence-electron chi connectivity index (χ3n) is 7.85. The van der Waals surface area contributed by atoms with Crippen LogP contribution in [0.15, 0.2) is 84.9 Å². The van der Waals surface area contributed by atoms with Gasteiger partial charge in [-0.1, -0.05) is 55.1 Å². The Morgan fingerprint density at radius 3 is 2.34 bits per heavy atom. The lowest BCUT2D eigenvalue weighted by atomic mass is 9.94. The summed E-state index contributed by atoms with van der Waals surface area (Å²) in [4.78, 5) is 17.1. The lowest BCUT2D eigenvalue weighted by Gasteiger charge is -2.26. The Morgan fingerprint density at radius 2 is 1.63 bits per heavy atom. The summed E-state index contributed by atoms with van der Waals surface area (Å²) in [5.74, 6) is 1.35. The first-order chi connectivity index (χ1) is 20.0. The van der Waals surface area contributed by atoms with E-state index in [1.54, 1.807) is 19.2 Å². The van der Waals surface area contributed by atoms with Crippen LogP contribution in [0.5, 0.6) is 11.5 Å². The average molecular weight is 567 g/mol. The molecule has 1 aliphatic rings. The van der Waals surface area contributed by atoms with E-state index in [1.807, 2.05) is 72.8 Å². The van der Waals surface area contributed by atoms with E-state index in [-0.39, 0.29) is 6.04 Å². The van der Waals surface area contributed by atoms with Gasteiger partial charge in [-0.2, -0.15) is 0 Å². The van der Waals surface area contributed by atoms with Crippen molar-refractivity contribution in [3.63, 3.8) is 0 Å². The van der Waals surface area contributed by atoms with Crippen molar-refractivity contribution >= 4 is 28.6 Å². The number of carbonyl (C=O) groups is 1. The number of methoxy groups -OCH3 is 1. The number of carboxylic acid groups (broad SMARTS) is 1. The fourth-order valence-corrected chi connectivity index (χ4v) is 5.93. The minimum absolute atomic E-state index is 0.222. The van der Waals surface area contributed by atoms with Gasteiger partial charge in [0.15, 0.2) is 0 Å². The van der Waals surface area contributed by atoms with Crippen molar-refractivity contribution in [3.05, 3.63) is 101 Å². The van der Waals surface area contributed by atoms with E-state index in [9.17, 15) is 9.90 Å². The first kappa shape index (κ1) is 26.9. The Kier molecular flexibility index (Phi) is 7.66. The predicted octanol–water partition coefficient (Wildman–Crippen LogP) is 8.81. The van der Waals surface area contributed by atoms with Crippen LogP contribution in [0.2, 0.25) is 5.02 Å². The van der Waals surface area contributed by atoms with Crippen molar-refractivity contribution in [2.45, 2.75) is 44.8 Å². The summed E-state index contributed by atoms with van der Waals surface area (Å²) in [7, 11) is 1.65. The highest BCUT2D eigenvalue weighted by atomic mass is 35.5. The van der Waals surface area contributed by atoms with Gasteiger partial charge < -0.3 is 19.1 Å². The monoisotopic (exact) mass is 566 g/mol. The topological polar surface area (TPSA) is 73.6 Å². The van der Waals surface area contributed by atoms with Crippen LogP contribution in [-0.2, 0) is 6.61 Å². The number of ether oxygens (including phenoxy) is 2. The van der Waals surface area contributed by atoms with E-state index in [2.05, 4.69) is 4.57 Å². The van der Waals surface area contributed by atoms with Gasteiger partial charge in [0.05, 0.1) is 23.7 Å². The highest BCUT2D eigenvalue weighted by molar-refractivity contribution is 6.30. The van der Waals surface area contributed by atoms with Crippen molar-refractivity contribution in [2.24, 2.45) is 0 Å². The van der Waals surface area contributed by atoms with E-state index < -0.39 is 5.97 Å². The molecule has 0 radical (unpaired) electrons.